The summed E-state index contributed by atoms with van der Waals surface area (Å²) in [7, 11) is 0. The molecule has 1 heterocycles. The van der Waals surface area contributed by atoms with Crippen LogP contribution in [0.2, 0.25) is 0 Å². The van der Waals surface area contributed by atoms with Gasteiger partial charge < -0.3 is 85.1 Å². The van der Waals surface area contributed by atoms with Crippen molar-refractivity contribution in [2.45, 2.75) is 180 Å². The van der Waals surface area contributed by atoms with Crippen LogP contribution < -0.4 is 59.7 Å². The molecule has 430 valence electrons. The van der Waals surface area contributed by atoms with Crippen molar-refractivity contribution in [1.29, 1.82) is 0 Å². The Kier molecular flexibility index (Phi) is 29.2. The quantitative estimate of drug-likeness (QED) is 0.0266. The van der Waals surface area contributed by atoms with Gasteiger partial charge in [-0.25, -0.2) is 4.79 Å². The molecule has 1 aliphatic rings. The Morgan fingerprint density at radius 3 is 1.54 bits per heavy atom. The van der Waals surface area contributed by atoms with Gasteiger partial charge in [-0.15, -0.1) is 0 Å². The summed E-state index contributed by atoms with van der Waals surface area (Å²) in [6.07, 6.45) is -2.04. The van der Waals surface area contributed by atoms with Crippen molar-refractivity contribution in [2.24, 2.45) is 35.0 Å². The first-order valence-corrected chi connectivity index (χ1v) is 25.2. The number of primary amides is 1. The average molecular weight is 1090 g/mol. The van der Waals surface area contributed by atoms with E-state index in [9.17, 15) is 82.8 Å². The van der Waals surface area contributed by atoms with Crippen LogP contribution in [-0.4, -0.2) is 182 Å². The first-order valence-electron chi connectivity index (χ1n) is 25.2. The molecule has 0 aromatic heterocycles. The summed E-state index contributed by atoms with van der Waals surface area (Å²) in [5.41, 5.74) is 16.6. The molecule has 29 nitrogen and oxygen atoms in total. The van der Waals surface area contributed by atoms with Gasteiger partial charge in [0, 0.05) is 13.0 Å². The Morgan fingerprint density at radius 2 is 1.04 bits per heavy atom. The predicted octanol–water partition coefficient (Wildman–Crippen LogP) is -4.63. The van der Waals surface area contributed by atoms with Crippen molar-refractivity contribution in [2.75, 3.05) is 19.7 Å². The number of amides is 10. The molecular weight excluding hydrogens is 1000 g/mol. The lowest BCUT2D eigenvalue weighted by atomic mass is 9.99. The van der Waals surface area contributed by atoms with Crippen molar-refractivity contribution < 1.29 is 82.8 Å². The minimum atomic E-state index is -2.00. The van der Waals surface area contributed by atoms with Gasteiger partial charge in [0.1, 0.15) is 54.4 Å². The van der Waals surface area contributed by atoms with E-state index < -0.39 is 176 Å². The van der Waals surface area contributed by atoms with Gasteiger partial charge in [0.2, 0.25) is 59.1 Å². The van der Waals surface area contributed by atoms with E-state index in [-0.39, 0.29) is 44.1 Å². The molecule has 0 bridgehead atoms. The van der Waals surface area contributed by atoms with Crippen molar-refractivity contribution >= 4 is 77.0 Å². The molecule has 1 rings (SSSR count). The highest BCUT2D eigenvalue weighted by molar-refractivity contribution is 6.00. The molecule has 0 aromatic rings. The smallest absolute Gasteiger partial charge is 0.326 e. The number of likely N-dealkylation sites (tertiary alicyclic amines) is 1. The molecule has 1 saturated heterocycles. The first-order chi connectivity index (χ1) is 35.4. The lowest BCUT2D eigenvalue weighted by molar-refractivity contribution is -0.143. The largest absolute Gasteiger partial charge is 0.481 e. The van der Waals surface area contributed by atoms with Crippen LogP contribution in [-0.2, 0) is 62.3 Å². The number of aliphatic carboxylic acids is 3. The molecule has 29 heteroatoms. The zero-order chi connectivity index (χ0) is 58.1. The number of carboxylic acids is 3. The molecule has 76 heavy (non-hydrogen) atoms. The van der Waals surface area contributed by atoms with E-state index in [1.807, 2.05) is 13.8 Å². The molecule has 1 fully saturated rings. The van der Waals surface area contributed by atoms with E-state index in [0.717, 1.165) is 0 Å². The van der Waals surface area contributed by atoms with E-state index in [0.29, 0.717) is 25.8 Å². The maximum absolute atomic E-state index is 13.8. The normalized spacial score (nSPS) is 16.8. The average Bonchev–Trinajstić information content (AvgIpc) is 3.81. The van der Waals surface area contributed by atoms with E-state index in [1.54, 1.807) is 27.7 Å². The summed E-state index contributed by atoms with van der Waals surface area (Å²) in [6.45, 7) is 10.7. The Hall–Kier alpha value is -7.01. The summed E-state index contributed by atoms with van der Waals surface area (Å²) in [6, 6.07) is -15.0. The van der Waals surface area contributed by atoms with Crippen LogP contribution >= 0.6 is 0 Å². The van der Waals surface area contributed by atoms with E-state index in [1.165, 1.54) is 11.8 Å². The van der Waals surface area contributed by atoms with Gasteiger partial charge in [-0.05, 0) is 82.6 Å². The van der Waals surface area contributed by atoms with Gasteiger partial charge in [-0.2, -0.15) is 0 Å². The standard InChI is InChI=1S/C47H80N12O17/c1-22(2)17-28(42(70)58-37(24(5)6)45(73)52-27(47(75)76)11-8-9-15-48)53-41(69)30(20-36(64)65)54-39(67)26(13-14-35(62)63)51-43(71)32(21-60)57-40(68)29(19-34(50)61)55-44(72)33-12-10-16-59(33)46(74)31(18-23(3)4)56-38(66)25(7)49/h22-33,37,60H,8-21,48-49H2,1-7H3,(H2,50,61)(H,51,71)(H,52,73)(H,53,69)(H,54,67)(H,55,72)(H,56,66)(H,57,68)(H,58,70)(H,62,63)(H,64,65)(H,75,76)/t25-,26-,27-,28-,29-,30-,31-,32-,33-,37-/m0/s1. The second kappa shape index (κ2) is 33.1. The lowest BCUT2D eigenvalue weighted by Gasteiger charge is -2.31. The summed E-state index contributed by atoms with van der Waals surface area (Å²) >= 11 is 0. The fourth-order valence-corrected chi connectivity index (χ4v) is 7.88. The third kappa shape index (κ3) is 23.7. The Morgan fingerprint density at radius 1 is 0.553 bits per heavy atom. The van der Waals surface area contributed by atoms with E-state index in [4.69, 9.17) is 17.2 Å². The Labute approximate surface area is 440 Å². The predicted molar refractivity (Wildman–Crippen MR) is 268 cm³/mol. The van der Waals surface area contributed by atoms with Gasteiger partial charge in [-0.3, -0.25) is 57.5 Å². The number of aliphatic hydroxyl groups excluding tert-OH is 1. The van der Waals surface area contributed by atoms with Crippen LogP contribution in [0.25, 0.3) is 0 Å². The number of carbonyl (C=O) groups excluding carboxylic acids is 10. The second-order valence-electron chi connectivity index (χ2n) is 19.9. The van der Waals surface area contributed by atoms with Crippen LogP contribution in [0.3, 0.4) is 0 Å². The third-order valence-corrected chi connectivity index (χ3v) is 11.9. The number of carbonyl (C=O) groups is 13. The Balaban J connectivity index is 3.38. The number of hydrogen-bond donors (Lipinski definition) is 15. The topological polar surface area (TPSA) is 480 Å². The van der Waals surface area contributed by atoms with Crippen molar-refractivity contribution in [3.8, 4) is 0 Å². The molecule has 0 aromatic carbocycles. The Bertz CT molecular complexity index is 2070. The molecule has 18 N–H and O–H groups in total. The van der Waals surface area contributed by atoms with Crippen LogP contribution in [0.5, 0.6) is 0 Å². The van der Waals surface area contributed by atoms with Crippen LogP contribution in [0.4, 0.5) is 0 Å². The molecular formula is C47H80N12O17. The summed E-state index contributed by atoms with van der Waals surface area (Å²) in [5, 5.41) is 57.7. The first kappa shape index (κ1) is 67.0. The number of nitrogens with two attached hydrogens (primary N) is 3. The number of carboxylic acid groups (broad SMARTS) is 3. The van der Waals surface area contributed by atoms with Crippen LogP contribution in [0.1, 0.15) is 119 Å². The van der Waals surface area contributed by atoms with Gasteiger partial charge >= 0.3 is 17.9 Å². The molecule has 1 aliphatic heterocycles. The highest BCUT2D eigenvalue weighted by Crippen LogP contribution is 2.21. The van der Waals surface area contributed by atoms with Crippen molar-refractivity contribution in [3.63, 3.8) is 0 Å². The van der Waals surface area contributed by atoms with Crippen molar-refractivity contribution in [3.05, 3.63) is 0 Å². The zero-order valence-electron chi connectivity index (χ0n) is 44.2. The number of nitrogens with zero attached hydrogens (tertiary/aromatic N) is 1. The zero-order valence-corrected chi connectivity index (χ0v) is 44.2. The van der Waals surface area contributed by atoms with E-state index in [2.05, 4.69) is 42.5 Å². The molecule has 0 saturated carbocycles. The number of rotatable bonds is 35. The highest BCUT2D eigenvalue weighted by Gasteiger charge is 2.41. The second-order valence-corrected chi connectivity index (χ2v) is 19.9. The maximum atomic E-state index is 13.8. The SMILES string of the molecule is CC(C)C[C@H](NC(=O)[C@H](CC(=O)O)NC(=O)[C@H](CCC(=O)O)NC(=O)[C@H](CO)NC(=O)[C@H](CC(N)=O)NC(=O)[C@@H]1CCCN1C(=O)[C@H](CC(C)C)NC(=O)[C@H](C)N)C(=O)N[C@H](C(=O)N[C@@H](CCCCN)C(=O)O)C(C)C. The molecule has 0 aliphatic carbocycles. The highest BCUT2D eigenvalue weighted by atomic mass is 16.4. The minimum Gasteiger partial charge on any atom is -0.481 e. The summed E-state index contributed by atoms with van der Waals surface area (Å²) in [5.74, 6) is -15.6. The monoisotopic (exact) mass is 1080 g/mol. The van der Waals surface area contributed by atoms with Gasteiger partial charge in [0.05, 0.1) is 25.5 Å². The van der Waals surface area contributed by atoms with Crippen LogP contribution in [0.15, 0.2) is 0 Å². The molecule has 0 radical (unpaired) electrons. The van der Waals surface area contributed by atoms with Crippen LogP contribution in [0, 0.1) is 17.8 Å². The van der Waals surface area contributed by atoms with Gasteiger partial charge in [-0.1, -0.05) is 41.5 Å². The number of hydrogen-bond acceptors (Lipinski definition) is 16. The number of aliphatic hydroxyl groups is 1. The van der Waals surface area contributed by atoms with E-state index >= 15 is 0 Å². The molecule has 10 atom stereocenters. The minimum absolute atomic E-state index is 0.0474. The van der Waals surface area contributed by atoms with Gasteiger partial charge in [0.15, 0.2) is 0 Å². The molecule has 0 spiro atoms. The van der Waals surface area contributed by atoms with Crippen molar-refractivity contribution in [1.82, 2.24) is 47.4 Å². The summed E-state index contributed by atoms with van der Waals surface area (Å²) in [4.78, 5) is 171. The fraction of sp³-hybridized carbons (Fsp3) is 0.723. The number of unbranched alkanes of at least 4 members (excludes halogenated alkanes) is 1. The van der Waals surface area contributed by atoms with Gasteiger partial charge in [0.25, 0.3) is 0 Å². The third-order valence-electron chi connectivity index (χ3n) is 11.9. The maximum Gasteiger partial charge on any atom is 0.326 e. The fourth-order valence-electron chi connectivity index (χ4n) is 7.88. The number of nitrogens with one attached hydrogen (secondary N) is 8. The molecule has 0 unspecified atom stereocenters. The lowest BCUT2D eigenvalue weighted by Crippen LogP contribution is -2.61. The molecule has 10 amide bonds. The summed E-state index contributed by atoms with van der Waals surface area (Å²) < 4.78 is 0.